The third kappa shape index (κ3) is 4.63. The number of anilines is 1. The molecule has 2 aromatic carbocycles. The number of aromatic nitrogens is 2. The van der Waals surface area contributed by atoms with Gasteiger partial charge in [-0.05, 0) is 56.3 Å². The van der Waals surface area contributed by atoms with E-state index >= 15 is 0 Å². The first kappa shape index (κ1) is 20.5. The Hall–Kier alpha value is -3.19. The van der Waals surface area contributed by atoms with Crippen LogP contribution in [0.25, 0.3) is 10.9 Å². The molecular weight excluding hydrogens is 392 g/mol. The van der Waals surface area contributed by atoms with Gasteiger partial charge in [0.2, 0.25) is 5.91 Å². The van der Waals surface area contributed by atoms with Crippen molar-refractivity contribution in [3.05, 3.63) is 69.7 Å². The summed E-state index contributed by atoms with van der Waals surface area (Å²) in [6.45, 7) is 4.93. The predicted molar refractivity (Wildman–Crippen MR) is 113 cm³/mol. The molecule has 1 aromatic heterocycles. The Bertz CT molecular complexity index is 1110. The minimum Gasteiger partial charge on any atom is -0.339 e. The maximum absolute atomic E-state index is 12.6. The number of carbonyl (C=O) groups is 2. The van der Waals surface area contributed by atoms with Crippen LogP contribution < -0.4 is 10.9 Å². The smallest absolute Gasteiger partial charge is 0.261 e. The fourth-order valence-electron chi connectivity index (χ4n) is 2.99. The summed E-state index contributed by atoms with van der Waals surface area (Å²) < 4.78 is 1.23. The van der Waals surface area contributed by atoms with E-state index in [1.807, 2.05) is 13.8 Å². The van der Waals surface area contributed by atoms with Crippen molar-refractivity contribution >= 4 is 40.0 Å². The number of nitrogens with zero attached hydrogens (tertiary/aromatic N) is 3. The van der Waals surface area contributed by atoms with E-state index < -0.39 is 0 Å². The lowest BCUT2D eigenvalue weighted by atomic mass is 10.1. The standard InChI is InChI=1S/C21H21ClN4O3/c1-3-25(4-2)20(28)14-5-8-16(9-6-14)24-19(27)12-26-13-23-18-10-7-15(22)11-17(18)21(26)29/h5-11,13H,3-4,12H2,1-2H3,(H,24,27). The molecule has 0 unspecified atom stereocenters. The van der Waals surface area contributed by atoms with Crippen LogP contribution in [0.15, 0.2) is 53.6 Å². The largest absolute Gasteiger partial charge is 0.339 e. The summed E-state index contributed by atoms with van der Waals surface area (Å²) in [5.41, 5.74) is 1.27. The van der Waals surface area contributed by atoms with Crippen molar-refractivity contribution in [2.75, 3.05) is 18.4 Å². The van der Waals surface area contributed by atoms with Crippen molar-refractivity contribution in [2.45, 2.75) is 20.4 Å². The second-order valence-electron chi connectivity index (χ2n) is 6.44. The fraction of sp³-hybridized carbons (Fsp3) is 0.238. The lowest BCUT2D eigenvalue weighted by Crippen LogP contribution is -2.30. The van der Waals surface area contributed by atoms with Gasteiger partial charge in [-0.2, -0.15) is 0 Å². The summed E-state index contributed by atoms with van der Waals surface area (Å²) in [5.74, 6) is -0.432. The Morgan fingerprint density at radius 2 is 1.79 bits per heavy atom. The Balaban J connectivity index is 1.71. The van der Waals surface area contributed by atoms with Crippen LogP contribution in [-0.4, -0.2) is 39.4 Å². The molecule has 29 heavy (non-hydrogen) atoms. The van der Waals surface area contributed by atoms with E-state index in [1.54, 1.807) is 41.3 Å². The minimum absolute atomic E-state index is 0.0553. The quantitative estimate of drug-likeness (QED) is 0.674. The molecule has 8 heteroatoms. The second-order valence-corrected chi connectivity index (χ2v) is 6.88. The van der Waals surface area contributed by atoms with Gasteiger partial charge < -0.3 is 10.2 Å². The molecule has 0 saturated carbocycles. The number of halogens is 1. The molecule has 1 heterocycles. The van der Waals surface area contributed by atoms with Crippen LogP contribution in [0.4, 0.5) is 5.69 Å². The first-order chi connectivity index (χ1) is 13.9. The van der Waals surface area contributed by atoms with Crippen molar-refractivity contribution in [3.63, 3.8) is 0 Å². The Morgan fingerprint density at radius 1 is 1.10 bits per heavy atom. The lowest BCUT2D eigenvalue weighted by molar-refractivity contribution is -0.116. The molecule has 0 atom stereocenters. The van der Waals surface area contributed by atoms with Crippen molar-refractivity contribution in [3.8, 4) is 0 Å². The van der Waals surface area contributed by atoms with E-state index in [4.69, 9.17) is 11.6 Å². The van der Waals surface area contributed by atoms with E-state index in [2.05, 4.69) is 10.3 Å². The topological polar surface area (TPSA) is 84.3 Å². The Kier molecular flexibility index (Phi) is 6.29. The lowest BCUT2D eigenvalue weighted by Gasteiger charge is -2.18. The summed E-state index contributed by atoms with van der Waals surface area (Å²) >= 11 is 5.95. The fourth-order valence-corrected chi connectivity index (χ4v) is 3.16. The van der Waals surface area contributed by atoms with Gasteiger partial charge in [0.15, 0.2) is 0 Å². The van der Waals surface area contributed by atoms with Crippen LogP contribution in [-0.2, 0) is 11.3 Å². The summed E-state index contributed by atoms with van der Waals surface area (Å²) in [6.07, 6.45) is 1.34. The number of rotatable bonds is 6. The second kappa shape index (κ2) is 8.87. The minimum atomic E-state index is -0.377. The van der Waals surface area contributed by atoms with Gasteiger partial charge in [-0.25, -0.2) is 4.98 Å². The van der Waals surface area contributed by atoms with Crippen LogP contribution in [0.5, 0.6) is 0 Å². The first-order valence-corrected chi connectivity index (χ1v) is 9.64. The SMILES string of the molecule is CCN(CC)C(=O)c1ccc(NC(=O)Cn2cnc3ccc(Cl)cc3c2=O)cc1. The number of nitrogens with one attached hydrogen (secondary N) is 1. The molecule has 150 valence electrons. The monoisotopic (exact) mass is 412 g/mol. The summed E-state index contributed by atoms with van der Waals surface area (Å²) in [6, 6.07) is 11.5. The number of carbonyl (C=O) groups excluding carboxylic acids is 2. The molecule has 0 aliphatic heterocycles. The predicted octanol–water partition coefficient (Wildman–Crippen LogP) is 3.17. The zero-order chi connectivity index (χ0) is 21.0. The molecule has 0 fully saturated rings. The number of hydrogen-bond donors (Lipinski definition) is 1. The highest BCUT2D eigenvalue weighted by atomic mass is 35.5. The van der Waals surface area contributed by atoms with Gasteiger partial charge in [0.25, 0.3) is 11.5 Å². The summed E-state index contributed by atoms with van der Waals surface area (Å²) in [7, 11) is 0. The Morgan fingerprint density at radius 3 is 2.45 bits per heavy atom. The number of amides is 2. The molecule has 0 bridgehead atoms. The third-order valence-electron chi connectivity index (χ3n) is 4.57. The normalized spacial score (nSPS) is 10.7. The van der Waals surface area contributed by atoms with Crippen molar-refractivity contribution in [2.24, 2.45) is 0 Å². The van der Waals surface area contributed by atoms with Gasteiger partial charge in [-0.1, -0.05) is 11.6 Å². The summed E-state index contributed by atoms with van der Waals surface area (Å²) in [4.78, 5) is 43.2. The van der Waals surface area contributed by atoms with Crippen LogP contribution in [0.1, 0.15) is 24.2 Å². The van der Waals surface area contributed by atoms with E-state index in [0.29, 0.717) is 40.3 Å². The molecule has 0 aliphatic carbocycles. The average Bonchev–Trinajstić information content (AvgIpc) is 2.72. The summed E-state index contributed by atoms with van der Waals surface area (Å²) in [5, 5.41) is 3.51. The third-order valence-corrected chi connectivity index (χ3v) is 4.80. The first-order valence-electron chi connectivity index (χ1n) is 9.26. The average molecular weight is 413 g/mol. The highest BCUT2D eigenvalue weighted by Gasteiger charge is 2.13. The van der Waals surface area contributed by atoms with Crippen LogP contribution >= 0.6 is 11.6 Å². The molecule has 0 saturated heterocycles. The molecule has 3 aromatic rings. The van der Waals surface area contributed by atoms with Crippen molar-refractivity contribution in [1.29, 1.82) is 0 Å². The van der Waals surface area contributed by atoms with Gasteiger partial charge >= 0.3 is 0 Å². The van der Waals surface area contributed by atoms with Crippen molar-refractivity contribution in [1.82, 2.24) is 14.5 Å². The van der Waals surface area contributed by atoms with E-state index in [1.165, 1.54) is 17.0 Å². The van der Waals surface area contributed by atoms with E-state index in [-0.39, 0.29) is 23.9 Å². The molecule has 3 rings (SSSR count). The highest BCUT2D eigenvalue weighted by Crippen LogP contribution is 2.14. The van der Waals surface area contributed by atoms with Crippen molar-refractivity contribution < 1.29 is 9.59 Å². The molecular formula is C21H21ClN4O3. The molecule has 0 radical (unpaired) electrons. The highest BCUT2D eigenvalue weighted by molar-refractivity contribution is 6.31. The van der Waals surface area contributed by atoms with Gasteiger partial charge in [-0.3, -0.25) is 19.0 Å². The Labute approximate surface area is 172 Å². The van der Waals surface area contributed by atoms with Gasteiger partial charge in [0.1, 0.15) is 6.54 Å². The number of fused-ring (bicyclic) bond motifs is 1. The molecule has 1 N–H and O–H groups in total. The van der Waals surface area contributed by atoms with Crippen LogP contribution in [0, 0.1) is 0 Å². The molecule has 2 amide bonds. The maximum Gasteiger partial charge on any atom is 0.261 e. The molecule has 7 nitrogen and oxygen atoms in total. The zero-order valence-electron chi connectivity index (χ0n) is 16.2. The van der Waals surface area contributed by atoms with Gasteiger partial charge in [-0.15, -0.1) is 0 Å². The number of hydrogen-bond acceptors (Lipinski definition) is 4. The maximum atomic E-state index is 12.6. The van der Waals surface area contributed by atoms with Crippen LogP contribution in [0.3, 0.4) is 0 Å². The van der Waals surface area contributed by atoms with E-state index in [9.17, 15) is 14.4 Å². The molecule has 0 spiro atoms. The van der Waals surface area contributed by atoms with E-state index in [0.717, 1.165) is 0 Å². The zero-order valence-corrected chi connectivity index (χ0v) is 16.9. The van der Waals surface area contributed by atoms with Gasteiger partial charge in [0, 0.05) is 29.4 Å². The van der Waals surface area contributed by atoms with Gasteiger partial charge in [0.05, 0.1) is 17.2 Å². The molecule has 0 aliphatic rings. The number of benzene rings is 2. The van der Waals surface area contributed by atoms with Crippen LogP contribution in [0.2, 0.25) is 5.02 Å².